The molecule has 0 fully saturated rings. The quantitative estimate of drug-likeness (QED) is 0.757. The van der Waals surface area contributed by atoms with Crippen LogP contribution in [0, 0.1) is 6.92 Å². The third-order valence-electron chi connectivity index (χ3n) is 3.65. The number of nitrogens with one attached hydrogen (secondary N) is 1. The van der Waals surface area contributed by atoms with E-state index in [1.165, 1.54) is 11.1 Å². The van der Waals surface area contributed by atoms with Gasteiger partial charge in [0.05, 0.1) is 5.39 Å². The summed E-state index contributed by atoms with van der Waals surface area (Å²) in [7, 11) is 0. The van der Waals surface area contributed by atoms with E-state index in [1.807, 2.05) is 0 Å². The van der Waals surface area contributed by atoms with Crippen LogP contribution in [0.5, 0.6) is 0 Å². The maximum absolute atomic E-state index is 4.42. The van der Waals surface area contributed by atoms with Gasteiger partial charge in [-0.15, -0.1) is 11.3 Å². The zero-order valence-electron chi connectivity index (χ0n) is 12.3. The number of aryl methyl sites for hydroxylation is 2. The van der Waals surface area contributed by atoms with Crippen LogP contribution in [-0.2, 0) is 6.42 Å². The molecule has 3 aromatic rings. The molecule has 0 bridgehead atoms. The molecule has 1 aromatic carbocycles. The fourth-order valence-corrected chi connectivity index (χ4v) is 3.35. The van der Waals surface area contributed by atoms with E-state index in [0.29, 0.717) is 6.04 Å². The van der Waals surface area contributed by atoms with Gasteiger partial charge in [-0.2, -0.15) is 0 Å². The fourth-order valence-electron chi connectivity index (χ4n) is 2.46. The maximum Gasteiger partial charge on any atom is 0.138 e. The largest absolute Gasteiger partial charge is 0.367 e. The number of fused-ring (bicyclic) bond motifs is 1. The molecule has 21 heavy (non-hydrogen) atoms. The van der Waals surface area contributed by atoms with Gasteiger partial charge in [-0.3, -0.25) is 0 Å². The monoisotopic (exact) mass is 297 g/mol. The van der Waals surface area contributed by atoms with E-state index in [4.69, 9.17) is 0 Å². The van der Waals surface area contributed by atoms with E-state index in [-0.39, 0.29) is 0 Å². The Morgan fingerprint density at radius 1 is 1.19 bits per heavy atom. The van der Waals surface area contributed by atoms with Crippen LogP contribution in [0.2, 0.25) is 0 Å². The van der Waals surface area contributed by atoms with Crippen molar-refractivity contribution in [2.24, 2.45) is 0 Å². The first-order valence-electron chi connectivity index (χ1n) is 7.23. The molecule has 0 saturated heterocycles. The lowest BCUT2D eigenvalue weighted by atomic mass is 10.1. The van der Waals surface area contributed by atoms with Crippen LogP contribution in [0.4, 0.5) is 5.82 Å². The number of thiophene rings is 1. The summed E-state index contributed by atoms with van der Waals surface area (Å²) >= 11 is 1.67. The Bertz CT molecular complexity index is 721. The lowest BCUT2D eigenvalue weighted by Crippen LogP contribution is -2.17. The summed E-state index contributed by atoms with van der Waals surface area (Å²) in [6, 6.07) is 11.0. The zero-order valence-corrected chi connectivity index (χ0v) is 13.2. The summed E-state index contributed by atoms with van der Waals surface area (Å²) in [6.07, 6.45) is 3.80. The summed E-state index contributed by atoms with van der Waals surface area (Å²) in [5.74, 6) is 0.958. The Kier molecular flexibility index (Phi) is 4.15. The molecule has 0 radical (unpaired) electrons. The number of hydrogen-bond donors (Lipinski definition) is 1. The van der Waals surface area contributed by atoms with Crippen molar-refractivity contribution in [2.75, 3.05) is 5.32 Å². The standard InChI is InChI=1S/C17H19N3S/c1-12-10-21-17-15(12)16(18-11-19-17)20-13(2)8-9-14-6-4-3-5-7-14/h3-7,10-11,13H,8-9H2,1-2H3,(H,18,19,20). The van der Waals surface area contributed by atoms with Gasteiger partial charge in [-0.25, -0.2) is 9.97 Å². The molecule has 2 heterocycles. The lowest BCUT2D eigenvalue weighted by Gasteiger charge is -2.15. The molecule has 0 aliphatic carbocycles. The number of benzene rings is 1. The van der Waals surface area contributed by atoms with E-state index in [1.54, 1.807) is 17.7 Å². The Labute approximate surface area is 129 Å². The summed E-state index contributed by atoms with van der Waals surface area (Å²) in [5, 5.41) is 6.84. The van der Waals surface area contributed by atoms with Crippen molar-refractivity contribution < 1.29 is 0 Å². The maximum atomic E-state index is 4.42. The lowest BCUT2D eigenvalue weighted by molar-refractivity contribution is 0.703. The summed E-state index contributed by atoms with van der Waals surface area (Å²) in [5.41, 5.74) is 2.62. The number of anilines is 1. The molecule has 2 aromatic heterocycles. The predicted octanol–water partition coefficient (Wildman–Crippen LogP) is 4.43. The van der Waals surface area contributed by atoms with E-state index in [9.17, 15) is 0 Å². The van der Waals surface area contributed by atoms with Gasteiger partial charge in [-0.1, -0.05) is 30.3 Å². The van der Waals surface area contributed by atoms with Crippen molar-refractivity contribution in [3.05, 3.63) is 53.2 Å². The van der Waals surface area contributed by atoms with E-state index >= 15 is 0 Å². The van der Waals surface area contributed by atoms with Crippen LogP contribution in [0.3, 0.4) is 0 Å². The average molecular weight is 297 g/mol. The Hall–Kier alpha value is -1.94. The second-order valence-electron chi connectivity index (χ2n) is 5.39. The van der Waals surface area contributed by atoms with E-state index in [0.717, 1.165) is 28.9 Å². The van der Waals surface area contributed by atoms with Gasteiger partial charge in [0, 0.05) is 6.04 Å². The molecular weight excluding hydrogens is 278 g/mol. The van der Waals surface area contributed by atoms with Crippen molar-refractivity contribution in [3.63, 3.8) is 0 Å². The van der Waals surface area contributed by atoms with Crippen molar-refractivity contribution in [3.8, 4) is 0 Å². The fraction of sp³-hybridized carbons (Fsp3) is 0.294. The highest BCUT2D eigenvalue weighted by molar-refractivity contribution is 7.17. The molecule has 3 rings (SSSR count). The number of rotatable bonds is 5. The summed E-state index contributed by atoms with van der Waals surface area (Å²) in [6.45, 7) is 4.32. The second-order valence-corrected chi connectivity index (χ2v) is 6.25. The normalized spacial score (nSPS) is 12.5. The SMILES string of the molecule is Cc1csc2ncnc(NC(C)CCc3ccccc3)c12. The third-order valence-corrected chi connectivity index (χ3v) is 4.65. The Balaban J connectivity index is 1.69. The molecule has 0 aliphatic rings. The number of hydrogen-bond acceptors (Lipinski definition) is 4. The van der Waals surface area contributed by atoms with Gasteiger partial charge in [0.1, 0.15) is 17.0 Å². The van der Waals surface area contributed by atoms with Crippen LogP contribution in [0.1, 0.15) is 24.5 Å². The van der Waals surface area contributed by atoms with Crippen molar-refractivity contribution in [1.82, 2.24) is 9.97 Å². The first-order chi connectivity index (χ1) is 10.2. The highest BCUT2D eigenvalue weighted by atomic mass is 32.1. The zero-order chi connectivity index (χ0) is 14.7. The molecule has 0 aliphatic heterocycles. The molecule has 0 spiro atoms. The molecule has 4 heteroatoms. The van der Waals surface area contributed by atoms with E-state index < -0.39 is 0 Å². The third kappa shape index (κ3) is 3.22. The Morgan fingerprint density at radius 3 is 2.81 bits per heavy atom. The van der Waals surface area contributed by atoms with Gasteiger partial charge < -0.3 is 5.32 Å². The second kappa shape index (κ2) is 6.22. The molecule has 1 unspecified atom stereocenters. The van der Waals surface area contributed by atoms with E-state index in [2.05, 4.69) is 64.8 Å². The van der Waals surface area contributed by atoms with Gasteiger partial charge in [0.2, 0.25) is 0 Å². The van der Waals surface area contributed by atoms with Gasteiger partial charge in [-0.05, 0) is 43.2 Å². The first-order valence-corrected chi connectivity index (χ1v) is 8.11. The van der Waals surface area contributed by atoms with Gasteiger partial charge in [0.15, 0.2) is 0 Å². The van der Waals surface area contributed by atoms with Crippen LogP contribution < -0.4 is 5.32 Å². The smallest absolute Gasteiger partial charge is 0.138 e. The number of nitrogens with zero attached hydrogens (tertiary/aromatic N) is 2. The molecule has 0 saturated carbocycles. The number of aromatic nitrogens is 2. The molecular formula is C17H19N3S. The molecule has 108 valence electrons. The summed E-state index contributed by atoms with van der Waals surface area (Å²) < 4.78 is 0. The minimum atomic E-state index is 0.377. The first kappa shape index (κ1) is 14.0. The van der Waals surface area contributed by atoms with Gasteiger partial charge >= 0.3 is 0 Å². The van der Waals surface area contributed by atoms with Crippen molar-refractivity contribution in [2.45, 2.75) is 32.7 Å². The highest BCUT2D eigenvalue weighted by Crippen LogP contribution is 2.28. The molecule has 1 N–H and O–H groups in total. The molecule has 1 atom stereocenters. The highest BCUT2D eigenvalue weighted by Gasteiger charge is 2.11. The van der Waals surface area contributed by atoms with Crippen LogP contribution in [0.15, 0.2) is 42.0 Å². The molecule has 0 amide bonds. The van der Waals surface area contributed by atoms with Crippen molar-refractivity contribution in [1.29, 1.82) is 0 Å². The Morgan fingerprint density at radius 2 is 2.00 bits per heavy atom. The minimum absolute atomic E-state index is 0.377. The minimum Gasteiger partial charge on any atom is -0.367 e. The van der Waals surface area contributed by atoms with Crippen molar-refractivity contribution >= 4 is 27.4 Å². The average Bonchev–Trinajstić information content (AvgIpc) is 2.89. The topological polar surface area (TPSA) is 37.8 Å². The van der Waals surface area contributed by atoms with Crippen LogP contribution >= 0.6 is 11.3 Å². The van der Waals surface area contributed by atoms with Gasteiger partial charge in [0.25, 0.3) is 0 Å². The predicted molar refractivity (Wildman–Crippen MR) is 90.0 cm³/mol. The summed E-state index contributed by atoms with van der Waals surface area (Å²) in [4.78, 5) is 9.81. The molecule has 3 nitrogen and oxygen atoms in total. The van der Waals surface area contributed by atoms with Crippen LogP contribution in [-0.4, -0.2) is 16.0 Å². The van der Waals surface area contributed by atoms with Crippen LogP contribution in [0.25, 0.3) is 10.2 Å².